The normalized spacial score (nSPS) is 16.0. The number of hydrogen-bond donors (Lipinski definition) is 1. The second-order valence-corrected chi connectivity index (χ2v) is 4.96. The van der Waals surface area contributed by atoms with Gasteiger partial charge in [-0.05, 0) is 25.1 Å². The van der Waals surface area contributed by atoms with Crippen LogP contribution in [0.3, 0.4) is 0 Å². The van der Waals surface area contributed by atoms with Crippen LogP contribution in [0.25, 0.3) is 0 Å². The van der Waals surface area contributed by atoms with Gasteiger partial charge in [0, 0.05) is 26.2 Å². The van der Waals surface area contributed by atoms with Crippen LogP contribution in [0, 0.1) is 0 Å². The number of urea groups is 1. The molecule has 5 heteroatoms. The number of hydrogen-bond acceptors (Lipinski definition) is 3. The monoisotopic (exact) mass is 277 g/mol. The summed E-state index contributed by atoms with van der Waals surface area (Å²) < 4.78 is 5.24. The highest BCUT2D eigenvalue weighted by Gasteiger charge is 2.21. The first-order valence-electron chi connectivity index (χ1n) is 7.16. The lowest BCUT2D eigenvalue weighted by atomic mass is 10.3. The minimum Gasteiger partial charge on any atom is -0.495 e. The maximum absolute atomic E-state index is 12.2. The van der Waals surface area contributed by atoms with Crippen molar-refractivity contribution in [2.75, 3.05) is 45.2 Å². The highest BCUT2D eigenvalue weighted by molar-refractivity contribution is 5.91. The van der Waals surface area contributed by atoms with Gasteiger partial charge in [0.05, 0.1) is 12.8 Å². The van der Waals surface area contributed by atoms with Crippen LogP contribution in [0.15, 0.2) is 24.3 Å². The van der Waals surface area contributed by atoms with Gasteiger partial charge in [0.25, 0.3) is 0 Å². The van der Waals surface area contributed by atoms with E-state index in [0.29, 0.717) is 5.75 Å². The number of carbonyl (C=O) groups is 1. The molecular formula is C15H23N3O2. The molecule has 0 aromatic heterocycles. The third-order valence-electron chi connectivity index (χ3n) is 3.55. The lowest BCUT2D eigenvalue weighted by Crippen LogP contribution is -2.50. The molecule has 0 spiro atoms. The van der Waals surface area contributed by atoms with E-state index < -0.39 is 0 Å². The van der Waals surface area contributed by atoms with Crippen LogP contribution < -0.4 is 10.1 Å². The lowest BCUT2D eigenvalue weighted by Gasteiger charge is -2.34. The number of benzene rings is 1. The van der Waals surface area contributed by atoms with Gasteiger partial charge >= 0.3 is 6.03 Å². The SMILES string of the molecule is CCCN1CCN(C(=O)Nc2ccccc2OC)CC1. The summed E-state index contributed by atoms with van der Waals surface area (Å²) in [5.41, 5.74) is 0.719. The molecule has 0 saturated carbocycles. The fraction of sp³-hybridized carbons (Fsp3) is 0.533. The van der Waals surface area contributed by atoms with Crippen molar-refractivity contribution < 1.29 is 9.53 Å². The Bertz CT molecular complexity index is 442. The lowest BCUT2D eigenvalue weighted by molar-refractivity contribution is 0.147. The van der Waals surface area contributed by atoms with Crippen LogP contribution in [0.2, 0.25) is 0 Å². The molecule has 1 N–H and O–H groups in total. The molecule has 2 amide bonds. The molecule has 1 aliphatic heterocycles. The zero-order chi connectivity index (χ0) is 14.4. The smallest absolute Gasteiger partial charge is 0.322 e. The molecule has 1 aromatic rings. The first-order valence-corrected chi connectivity index (χ1v) is 7.16. The summed E-state index contributed by atoms with van der Waals surface area (Å²) in [4.78, 5) is 16.5. The van der Waals surface area contributed by atoms with Crippen molar-refractivity contribution in [1.29, 1.82) is 0 Å². The number of nitrogens with zero attached hydrogens (tertiary/aromatic N) is 2. The Hall–Kier alpha value is -1.75. The van der Waals surface area contributed by atoms with E-state index in [4.69, 9.17) is 4.74 Å². The third-order valence-corrected chi connectivity index (χ3v) is 3.55. The zero-order valence-electron chi connectivity index (χ0n) is 12.3. The van der Waals surface area contributed by atoms with Crippen molar-refractivity contribution >= 4 is 11.7 Å². The van der Waals surface area contributed by atoms with Gasteiger partial charge < -0.3 is 15.0 Å². The van der Waals surface area contributed by atoms with E-state index in [1.807, 2.05) is 29.2 Å². The molecule has 0 radical (unpaired) electrons. The molecule has 20 heavy (non-hydrogen) atoms. The molecular weight excluding hydrogens is 254 g/mol. The summed E-state index contributed by atoms with van der Waals surface area (Å²) in [6.07, 6.45) is 1.16. The molecule has 1 saturated heterocycles. The molecule has 0 atom stereocenters. The predicted octanol–water partition coefficient (Wildman–Crippen LogP) is 2.25. The van der Waals surface area contributed by atoms with E-state index in [9.17, 15) is 4.79 Å². The summed E-state index contributed by atoms with van der Waals surface area (Å²) in [5.74, 6) is 0.686. The Morgan fingerprint density at radius 2 is 1.95 bits per heavy atom. The second-order valence-electron chi connectivity index (χ2n) is 4.96. The van der Waals surface area contributed by atoms with Gasteiger partial charge in [-0.3, -0.25) is 4.90 Å². The number of piperazine rings is 1. The number of para-hydroxylation sites is 2. The number of rotatable bonds is 4. The molecule has 0 aliphatic carbocycles. The molecule has 5 nitrogen and oxygen atoms in total. The van der Waals surface area contributed by atoms with Gasteiger partial charge in [-0.2, -0.15) is 0 Å². The van der Waals surface area contributed by atoms with Crippen LogP contribution >= 0.6 is 0 Å². The topological polar surface area (TPSA) is 44.8 Å². The maximum Gasteiger partial charge on any atom is 0.322 e. The van der Waals surface area contributed by atoms with Crippen LogP contribution in [-0.4, -0.2) is 55.7 Å². The number of ether oxygens (including phenoxy) is 1. The van der Waals surface area contributed by atoms with E-state index in [2.05, 4.69) is 17.1 Å². The molecule has 1 aromatic carbocycles. The second kappa shape index (κ2) is 7.14. The predicted molar refractivity (Wildman–Crippen MR) is 80.3 cm³/mol. The molecule has 1 aliphatic rings. The van der Waals surface area contributed by atoms with E-state index in [1.165, 1.54) is 0 Å². The van der Waals surface area contributed by atoms with Gasteiger partial charge in [0.1, 0.15) is 5.75 Å². The number of nitrogens with one attached hydrogen (secondary N) is 1. The van der Waals surface area contributed by atoms with Crippen molar-refractivity contribution in [2.45, 2.75) is 13.3 Å². The standard InChI is InChI=1S/C15H23N3O2/c1-3-8-17-9-11-18(12-10-17)15(19)16-13-6-4-5-7-14(13)20-2/h4-7H,3,8-12H2,1-2H3,(H,16,19). The Labute approximate surface area is 120 Å². The van der Waals surface area contributed by atoms with Crippen molar-refractivity contribution in [3.05, 3.63) is 24.3 Å². The third kappa shape index (κ3) is 3.63. The molecule has 1 fully saturated rings. The quantitative estimate of drug-likeness (QED) is 0.918. The Morgan fingerprint density at radius 3 is 2.60 bits per heavy atom. The highest BCUT2D eigenvalue weighted by atomic mass is 16.5. The first kappa shape index (κ1) is 14.7. The van der Waals surface area contributed by atoms with E-state index in [-0.39, 0.29) is 6.03 Å². The summed E-state index contributed by atoms with van der Waals surface area (Å²) >= 11 is 0. The van der Waals surface area contributed by atoms with Crippen LogP contribution in [0.4, 0.5) is 10.5 Å². The number of carbonyl (C=O) groups excluding carboxylic acids is 1. The van der Waals surface area contributed by atoms with Crippen molar-refractivity contribution in [1.82, 2.24) is 9.80 Å². The highest BCUT2D eigenvalue weighted by Crippen LogP contribution is 2.23. The summed E-state index contributed by atoms with van der Waals surface area (Å²) in [6.45, 7) is 6.76. The van der Waals surface area contributed by atoms with E-state index >= 15 is 0 Å². The zero-order valence-corrected chi connectivity index (χ0v) is 12.3. The van der Waals surface area contributed by atoms with Crippen molar-refractivity contribution in [3.8, 4) is 5.75 Å². The van der Waals surface area contributed by atoms with Crippen molar-refractivity contribution in [2.24, 2.45) is 0 Å². The minimum atomic E-state index is -0.0503. The number of amides is 2. The summed E-state index contributed by atoms with van der Waals surface area (Å²) in [5, 5.41) is 2.92. The minimum absolute atomic E-state index is 0.0503. The Kier molecular flexibility index (Phi) is 5.24. The largest absolute Gasteiger partial charge is 0.495 e. The number of methoxy groups -OCH3 is 1. The van der Waals surface area contributed by atoms with Gasteiger partial charge in [0.15, 0.2) is 0 Å². The van der Waals surface area contributed by atoms with Gasteiger partial charge in [-0.25, -0.2) is 4.79 Å². The van der Waals surface area contributed by atoms with E-state index in [0.717, 1.165) is 44.8 Å². The van der Waals surface area contributed by atoms with Gasteiger partial charge in [-0.1, -0.05) is 19.1 Å². The molecule has 0 unspecified atom stereocenters. The van der Waals surface area contributed by atoms with Crippen LogP contribution in [-0.2, 0) is 0 Å². The average molecular weight is 277 g/mol. The van der Waals surface area contributed by atoms with Crippen LogP contribution in [0.1, 0.15) is 13.3 Å². The molecule has 0 bridgehead atoms. The Morgan fingerprint density at radius 1 is 1.25 bits per heavy atom. The summed E-state index contributed by atoms with van der Waals surface area (Å²) in [6, 6.07) is 7.42. The van der Waals surface area contributed by atoms with Gasteiger partial charge in [0.2, 0.25) is 0 Å². The molecule has 1 heterocycles. The summed E-state index contributed by atoms with van der Waals surface area (Å²) in [7, 11) is 1.61. The van der Waals surface area contributed by atoms with Gasteiger partial charge in [-0.15, -0.1) is 0 Å². The Balaban J connectivity index is 1.89. The first-order chi connectivity index (χ1) is 9.74. The number of anilines is 1. The average Bonchev–Trinajstić information content (AvgIpc) is 2.49. The maximum atomic E-state index is 12.2. The fourth-order valence-electron chi connectivity index (χ4n) is 2.43. The van der Waals surface area contributed by atoms with E-state index in [1.54, 1.807) is 7.11 Å². The van der Waals surface area contributed by atoms with Crippen LogP contribution in [0.5, 0.6) is 5.75 Å². The fourth-order valence-corrected chi connectivity index (χ4v) is 2.43. The molecule has 110 valence electrons. The van der Waals surface area contributed by atoms with Crippen molar-refractivity contribution in [3.63, 3.8) is 0 Å². The molecule has 2 rings (SSSR count).